The summed E-state index contributed by atoms with van der Waals surface area (Å²) in [6.07, 6.45) is 6.75. The Hall–Kier alpha value is -1.48. The van der Waals surface area contributed by atoms with Crippen molar-refractivity contribution in [3.63, 3.8) is 0 Å². The first-order valence-corrected chi connectivity index (χ1v) is 6.85. The van der Waals surface area contributed by atoms with E-state index >= 15 is 0 Å². The number of aromatic nitrogens is 1. The third-order valence-corrected chi connectivity index (χ3v) is 3.80. The third kappa shape index (κ3) is 1.99. The van der Waals surface area contributed by atoms with E-state index < -0.39 is 0 Å². The molecule has 96 valence electrons. The number of piperidine rings is 1. The van der Waals surface area contributed by atoms with Crippen LogP contribution in [0.15, 0.2) is 30.5 Å². The number of hydrogen-bond acceptors (Lipinski definition) is 2. The van der Waals surface area contributed by atoms with Crippen molar-refractivity contribution in [1.82, 2.24) is 4.40 Å². The van der Waals surface area contributed by atoms with Gasteiger partial charge < -0.3 is 14.4 Å². The molecule has 1 N–H and O–H groups in total. The van der Waals surface area contributed by atoms with Gasteiger partial charge >= 0.3 is 0 Å². The maximum absolute atomic E-state index is 9.17. The second kappa shape index (κ2) is 5.02. The summed E-state index contributed by atoms with van der Waals surface area (Å²) in [4.78, 5) is 2.49. The summed E-state index contributed by atoms with van der Waals surface area (Å²) >= 11 is 0. The molecule has 1 aliphatic rings. The van der Waals surface area contributed by atoms with Gasteiger partial charge in [-0.05, 0) is 37.5 Å². The van der Waals surface area contributed by atoms with E-state index in [2.05, 4.69) is 33.7 Å². The van der Waals surface area contributed by atoms with Crippen LogP contribution in [0.3, 0.4) is 0 Å². The van der Waals surface area contributed by atoms with Crippen LogP contribution in [-0.2, 0) is 6.42 Å². The molecule has 3 heteroatoms. The summed E-state index contributed by atoms with van der Waals surface area (Å²) in [7, 11) is 0. The molecule has 3 nitrogen and oxygen atoms in total. The van der Waals surface area contributed by atoms with Gasteiger partial charge in [0.15, 0.2) is 0 Å². The molecule has 2 aromatic heterocycles. The first kappa shape index (κ1) is 11.6. The van der Waals surface area contributed by atoms with Gasteiger partial charge in [0.25, 0.3) is 0 Å². The normalized spacial score (nSPS) is 16.4. The number of pyridine rings is 1. The van der Waals surface area contributed by atoms with Gasteiger partial charge in [-0.3, -0.25) is 0 Å². The smallest absolute Gasteiger partial charge is 0.0687 e. The fourth-order valence-electron chi connectivity index (χ4n) is 2.90. The van der Waals surface area contributed by atoms with Gasteiger partial charge in [-0.1, -0.05) is 6.07 Å². The lowest BCUT2D eigenvalue weighted by molar-refractivity contribution is 0.298. The molecule has 1 saturated heterocycles. The molecule has 0 spiro atoms. The topological polar surface area (TPSA) is 27.9 Å². The zero-order chi connectivity index (χ0) is 12.4. The van der Waals surface area contributed by atoms with Crippen molar-refractivity contribution in [2.24, 2.45) is 0 Å². The molecule has 0 unspecified atom stereocenters. The van der Waals surface area contributed by atoms with Gasteiger partial charge in [0.1, 0.15) is 0 Å². The maximum atomic E-state index is 9.17. The number of rotatable bonds is 3. The Morgan fingerprint density at radius 2 is 1.94 bits per heavy atom. The Morgan fingerprint density at radius 3 is 2.72 bits per heavy atom. The fourth-order valence-corrected chi connectivity index (χ4v) is 2.90. The van der Waals surface area contributed by atoms with E-state index in [1.54, 1.807) is 0 Å². The van der Waals surface area contributed by atoms with Gasteiger partial charge in [0, 0.05) is 38.0 Å². The lowest BCUT2D eigenvalue weighted by Gasteiger charge is -2.28. The monoisotopic (exact) mass is 244 g/mol. The van der Waals surface area contributed by atoms with Gasteiger partial charge in [0.2, 0.25) is 0 Å². The summed E-state index contributed by atoms with van der Waals surface area (Å²) < 4.78 is 2.21. The fraction of sp³-hybridized carbons (Fsp3) is 0.467. The van der Waals surface area contributed by atoms with E-state index in [9.17, 15) is 5.11 Å². The lowest BCUT2D eigenvalue weighted by atomic mass is 10.1. The van der Waals surface area contributed by atoms with Crippen LogP contribution in [0.4, 0.5) is 5.69 Å². The maximum Gasteiger partial charge on any atom is 0.0687 e. The van der Waals surface area contributed by atoms with E-state index in [1.165, 1.54) is 36.2 Å². The van der Waals surface area contributed by atoms with E-state index in [0.29, 0.717) is 0 Å². The standard InChI is InChI=1S/C15H20N2O/c18-11-7-13-12-15(16-8-3-1-4-9-16)14-6-2-5-10-17(13)14/h2,5-6,10,12,18H,1,3-4,7-9,11H2. The summed E-state index contributed by atoms with van der Waals surface area (Å²) in [6.45, 7) is 2.53. The minimum atomic E-state index is 0.209. The molecular weight excluding hydrogens is 224 g/mol. The van der Waals surface area contributed by atoms with Crippen LogP contribution in [0.25, 0.3) is 5.52 Å². The summed E-state index contributed by atoms with van der Waals surface area (Å²) in [6, 6.07) is 8.56. The van der Waals surface area contributed by atoms with E-state index in [0.717, 1.165) is 19.5 Å². The van der Waals surface area contributed by atoms with Crippen molar-refractivity contribution >= 4 is 11.2 Å². The number of anilines is 1. The molecule has 0 aromatic carbocycles. The average Bonchev–Trinajstić information content (AvgIpc) is 2.80. The van der Waals surface area contributed by atoms with Crippen LogP contribution in [0.2, 0.25) is 0 Å². The number of fused-ring (bicyclic) bond motifs is 1. The van der Waals surface area contributed by atoms with Crippen molar-refractivity contribution in [3.05, 3.63) is 36.2 Å². The van der Waals surface area contributed by atoms with Crippen LogP contribution in [-0.4, -0.2) is 29.2 Å². The predicted molar refractivity (Wildman–Crippen MR) is 74.3 cm³/mol. The van der Waals surface area contributed by atoms with E-state index in [-0.39, 0.29) is 6.61 Å². The molecule has 0 amide bonds. The Morgan fingerprint density at radius 1 is 1.11 bits per heavy atom. The van der Waals surface area contributed by atoms with E-state index in [1.807, 2.05) is 6.07 Å². The Kier molecular flexibility index (Phi) is 3.24. The Bertz CT molecular complexity index is 526. The highest BCUT2D eigenvalue weighted by Crippen LogP contribution is 2.28. The van der Waals surface area contributed by atoms with Crippen LogP contribution in [0, 0.1) is 0 Å². The summed E-state index contributed by atoms with van der Waals surface area (Å²) in [5.41, 5.74) is 3.80. The van der Waals surface area contributed by atoms with Crippen molar-refractivity contribution in [1.29, 1.82) is 0 Å². The molecule has 0 aliphatic carbocycles. The molecular formula is C15H20N2O. The second-order valence-electron chi connectivity index (χ2n) is 5.00. The van der Waals surface area contributed by atoms with Crippen molar-refractivity contribution < 1.29 is 5.11 Å². The van der Waals surface area contributed by atoms with Gasteiger partial charge in [-0.25, -0.2) is 0 Å². The molecule has 0 saturated carbocycles. The molecule has 0 radical (unpaired) electrons. The van der Waals surface area contributed by atoms with Gasteiger partial charge in [0.05, 0.1) is 11.2 Å². The molecule has 1 aliphatic heterocycles. The van der Waals surface area contributed by atoms with Crippen LogP contribution in [0.5, 0.6) is 0 Å². The molecule has 3 heterocycles. The first-order chi connectivity index (χ1) is 8.90. The molecule has 3 rings (SSSR count). The highest BCUT2D eigenvalue weighted by molar-refractivity contribution is 5.75. The van der Waals surface area contributed by atoms with Crippen molar-refractivity contribution in [2.45, 2.75) is 25.7 Å². The van der Waals surface area contributed by atoms with Crippen LogP contribution < -0.4 is 4.90 Å². The minimum Gasteiger partial charge on any atom is -0.396 e. The first-order valence-electron chi connectivity index (χ1n) is 6.85. The second-order valence-corrected chi connectivity index (χ2v) is 5.00. The average molecular weight is 244 g/mol. The SMILES string of the molecule is OCCc1cc(N2CCCCC2)c2ccccn12. The predicted octanol–water partition coefficient (Wildman–Crippen LogP) is 2.46. The van der Waals surface area contributed by atoms with E-state index in [4.69, 9.17) is 0 Å². The zero-order valence-electron chi connectivity index (χ0n) is 10.7. The van der Waals surface area contributed by atoms with Crippen LogP contribution >= 0.6 is 0 Å². The number of aliphatic hydroxyl groups is 1. The largest absolute Gasteiger partial charge is 0.396 e. The molecule has 0 bridgehead atoms. The molecule has 2 aromatic rings. The van der Waals surface area contributed by atoms with Gasteiger partial charge in [-0.2, -0.15) is 0 Å². The van der Waals surface area contributed by atoms with Crippen molar-refractivity contribution in [2.75, 3.05) is 24.6 Å². The van der Waals surface area contributed by atoms with Gasteiger partial charge in [-0.15, -0.1) is 0 Å². The molecule has 1 fully saturated rings. The Labute approximate surface area is 108 Å². The zero-order valence-corrected chi connectivity index (χ0v) is 10.7. The molecule has 0 atom stereocenters. The molecule has 18 heavy (non-hydrogen) atoms. The third-order valence-electron chi connectivity index (χ3n) is 3.80. The Balaban J connectivity index is 2.04. The van der Waals surface area contributed by atoms with Crippen LogP contribution in [0.1, 0.15) is 25.0 Å². The summed E-state index contributed by atoms with van der Waals surface area (Å²) in [5.74, 6) is 0. The minimum absolute atomic E-state index is 0.209. The lowest BCUT2D eigenvalue weighted by Crippen LogP contribution is -2.29. The summed E-state index contributed by atoms with van der Waals surface area (Å²) in [5, 5.41) is 9.17. The number of hydrogen-bond donors (Lipinski definition) is 1. The number of aliphatic hydroxyl groups excluding tert-OH is 1. The van der Waals surface area contributed by atoms with Crippen molar-refractivity contribution in [3.8, 4) is 0 Å². The highest BCUT2D eigenvalue weighted by atomic mass is 16.3. The number of nitrogens with zero attached hydrogens (tertiary/aromatic N) is 2. The quantitative estimate of drug-likeness (QED) is 0.898. The highest BCUT2D eigenvalue weighted by Gasteiger charge is 2.16.